The van der Waals surface area contributed by atoms with Crippen LogP contribution in [0, 0.1) is 12.7 Å². The Morgan fingerprint density at radius 2 is 2.15 bits per heavy atom. The Balaban J connectivity index is 1.88. The number of aromatic nitrogens is 2. The van der Waals surface area contributed by atoms with Crippen LogP contribution in [0.25, 0.3) is 10.2 Å². The van der Waals surface area contributed by atoms with E-state index in [1.54, 1.807) is 0 Å². The predicted molar refractivity (Wildman–Crippen MR) is 95.6 cm³/mol. The van der Waals surface area contributed by atoms with Gasteiger partial charge in [0.2, 0.25) is 5.91 Å². The number of hydrogen-bond donors (Lipinski definition) is 2. The fourth-order valence-corrected chi connectivity index (χ4v) is 3.56. The minimum Gasteiger partial charge on any atom is -0.477 e. The number of thiophene rings is 1. The molecule has 3 aromatic rings. The van der Waals surface area contributed by atoms with Crippen molar-refractivity contribution < 1.29 is 19.1 Å². The van der Waals surface area contributed by atoms with Crippen molar-refractivity contribution in [2.75, 3.05) is 5.32 Å². The lowest BCUT2D eigenvalue weighted by Crippen LogP contribution is -2.27. The lowest BCUT2D eigenvalue weighted by atomic mass is 10.2. The number of aromatic carboxylic acids is 1. The third kappa shape index (κ3) is 3.31. The molecule has 1 aromatic carbocycles. The molecule has 134 valence electrons. The summed E-state index contributed by atoms with van der Waals surface area (Å²) in [5.41, 5.74) is 0.0852. The molecule has 26 heavy (non-hydrogen) atoms. The van der Waals surface area contributed by atoms with Gasteiger partial charge in [0, 0.05) is 5.69 Å². The number of amides is 1. The highest BCUT2D eigenvalue weighted by molar-refractivity contribution is 7.20. The number of carboxylic acids is 1. The highest BCUT2D eigenvalue weighted by atomic mass is 35.5. The molecule has 0 unspecified atom stereocenters. The third-order valence-corrected chi connectivity index (χ3v) is 5.11. The molecule has 2 N–H and O–H groups in total. The van der Waals surface area contributed by atoms with Crippen molar-refractivity contribution in [2.24, 2.45) is 0 Å². The number of rotatable bonds is 4. The highest BCUT2D eigenvalue weighted by Gasteiger charge is 2.19. The molecule has 10 heteroatoms. The molecule has 0 saturated heterocycles. The van der Waals surface area contributed by atoms with Crippen molar-refractivity contribution in [1.82, 2.24) is 9.55 Å². The first kappa shape index (κ1) is 18.0. The number of halogens is 2. The molecule has 2 aromatic heterocycles. The predicted octanol–water partition coefficient (Wildman–Crippen LogP) is 2.90. The fraction of sp³-hybridized carbons (Fsp3) is 0.125. The SMILES string of the molecule is Cc1c(C(=O)O)sc2ncn(CC(=O)Nc3ccc(F)c(Cl)c3)c(=O)c12. The smallest absolute Gasteiger partial charge is 0.346 e. The van der Waals surface area contributed by atoms with E-state index in [2.05, 4.69) is 10.3 Å². The molecule has 3 rings (SSSR count). The number of nitrogens with zero attached hydrogens (tertiary/aromatic N) is 2. The first-order valence-corrected chi connectivity index (χ1v) is 8.44. The van der Waals surface area contributed by atoms with Crippen molar-refractivity contribution in [3.8, 4) is 0 Å². The lowest BCUT2D eigenvalue weighted by molar-refractivity contribution is -0.116. The molecular weight excluding hydrogens is 385 g/mol. The van der Waals surface area contributed by atoms with Crippen molar-refractivity contribution in [3.05, 3.63) is 56.2 Å². The van der Waals surface area contributed by atoms with Crippen LogP contribution in [0.3, 0.4) is 0 Å². The quantitative estimate of drug-likeness (QED) is 0.707. The summed E-state index contributed by atoms with van der Waals surface area (Å²) in [7, 11) is 0. The van der Waals surface area contributed by atoms with Crippen LogP contribution < -0.4 is 10.9 Å². The van der Waals surface area contributed by atoms with Crippen LogP contribution in [-0.4, -0.2) is 26.5 Å². The Hall–Kier alpha value is -2.78. The Kier molecular flexibility index (Phi) is 4.75. The monoisotopic (exact) mass is 395 g/mol. The van der Waals surface area contributed by atoms with Crippen molar-refractivity contribution >= 4 is 50.7 Å². The van der Waals surface area contributed by atoms with Gasteiger partial charge in [-0.05, 0) is 30.7 Å². The number of carboxylic acid groups (broad SMARTS) is 1. The topological polar surface area (TPSA) is 101 Å². The minimum absolute atomic E-state index is 0.0350. The number of anilines is 1. The van der Waals surface area contributed by atoms with Gasteiger partial charge in [0.1, 0.15) is 22.1 Å². The zero-order chi connectivity index (χ0) is 19.0. The average Bonchev–Trinajstić information content (AvgIpc) is 2.91. The van der Waals surface area contributed by atoms with Gasteiger partial charge in [0.05, 0.1) is 16.7 Å². The summed E-state index contributed by atoms with van der Waals surface area (Å²) >= 11 is 6.56. The molecule has 0 bridgehead atoms. The largest absolute Gasteiger partial charge is 0.477 e. The van der Waals surface area contributed by atoms with E-state index >= 15 is 0 Å². The summed E-state index contributed by atoms with van der Waals surface area (Å²) in [6.07, 6.45) is 1.18. The van der Waals surface area contributed by atoms with Crippen LogP contribution in [-0.2, 0) is 11.3 Å². The van der Waals surface area contributed by atoms with Gasteiger partial charge in [-0.25, -0.2) is 14.2 Å². The fourth-order valence-electron chi connectivity index (χ4n) is 2.40. The number of carbonyl (C=O) groups is 2. The number of aryl methyl sites for hydroxylation is 1. The zero-order valence-corrected chi connectivity index (χ0v) is 14.8. The summed E-state index contributed by atoms with van der Waals surface area (Å²) in [6.45, 7) is 1.19. The van der Waals surface area contributed by atoms with E-state index in [1.165, 1.54) is 25.4 Å². The molecule has 0 radical (unpaired) electrons. The van der Waals surface area contributed by atoms with Crippen LogP contribution in [0.5, 0.6) is 0 Å². The minimum atomic E-state index is -1.14. The van der Waals surface area contributed by atoms with E-state index < -0.39 is 23.3 Å². The zero-order valence-electron chi connectivity index (χ0n) is 13.2. The molecule has 0 spiro atoms. The van der Waals surface area contributed by atoms with E-state index in [4.69, 9.17) is 16.7 Å². The molecule has 0 aliphatic carbocycles. The van der Waals surface area contributed by atoms with E-state index in [0.717, 1.165) is 22.0 Å². The summed E-state index contributed by atoms with van der Waals surface area (Å²) in [4.78, 5) is 40.3. The second kappa shape index (κ2) is 6.85. The first-order valence-electron chi connectivity index (χ1n) is 7.24. The maximum absolute atomic E-state index is 13.1. The van der Waals surface area contributed by atoms with Gasteiger partial charge < -0.3 is 10.4 Å². The Morgan fingerprint density at radius 3 is 2.81 bits per heavy atom. The van der Waals surface area contributed by atoms with Gasteiger partial charge in [0.25, 0.3) is 5.56 Å². The van der Waals surface area contributed by atoms with Crippen molar-refractivity contribution in [3.63, 3.8) is 0 Å². The second-order valence-corrected chi connectivity index (χ2v) is 6.80. The number of nitrogens with one attached hydrogen (secondary N) is 1. The van der Waals surface area contributed by atoms with Gasteiger partial charge in [-0.1, -0.05) is 11.6 Å². The maximum atomic E-state index is 13.1. The third-order valence-electron chi connectivity index (χ3n) is 3.63. The number of benzene rings is 1. The molecule has 2 heterocycles. The van der Waals surface area contributed by atoms with Gasteiger partial charge in [-0.15, -0.1) is 11.3 Å². The molecule has 0 atom stereocenters. The standard InChI is InChI=1S/C16H11ClFN3O4S/c1-7-12-14(26-13(7)16(24)25)19-6-21(15(12)23)5-11(22)20-8-2-3-10(18)9(17)4-8/h2-4,6H,5H2,1H3,(H,20,22)(H,24,25). The van der Waals surface area contributed by atoms with Crippen LogP contribution in [0.1, 0.15) is 15.2 Å². The number of carbonyl (C=O) groups excluding carboxylic acids is 1. The maximum Gasteiger partial charge on any atom is 0.346 e. The van der Waals surface area contributed by atoms with Crippen LogP contribution in [0.15, 0.2) is 29.3 Å². The van der Waals surface area contributed by atoms with E-state index in [0.29, 0.717) is 10.4 Å². The van der Waals surface area contributed by atoms with E-state index in [-0.39, 0.29) is 27.5 Å². The van der Waals surface area contributed by atoms with Crippen molar-refractivity contribution in [2.45, 2.75) is 13.5 Å². The van der Waals surface area contributed by atoms with Gasteiger partial charge in [-0.3, -0.25) is 14.2 Å². The molecule has 1 amide bonds. The summed E-state index contributed by atoms with van der Waals surface area (Å²) in [6, 6.07) is 3.70. The Bertz CT molecular complexity index is 1110. The normalized spacial score (nSPS) is 10.9. The molecule has 0 aliphatic rings. The summed E-state index contributed by atoms with van der Waals surface area (Å²) in [5.74, 6) is -2.29. The Labute approximate surface area is 154 Å². The second-order valence-electron chi connectivity index (χ2n) is 5.40. The van der Waals surface area contributed by atoms with E-state index in [1.807, 2.05) is 0 Å². The molecule has 0 saturated carbocycles. The van der Waals surface area contributed by atoms with Crippen LogP contribution >= 0.6 is 22.9 Å². The van der Waals surface area contributed by atoms with Gasteiger partial charge >= 0.3 is 5.97 Å². The highest BCUT2D eigenvalue weighted by Crippen LogP contribution is 2.26. The van der Waals surface area contributed by atoms with Crippen molar-refractivity contribution in [1.29, 1.82) is 0 Å². The number of fused-ring (bicyclic) bond motifs is 1. The van der Waals surface area contributed by atoms with Crippen LogP contribution in [0.2, 0.25) is 5.02 Å². The van der Waals surface area contributed by atoms with Crippen LogP contribution in [0.4, 0.5) is 10.1 Å². The Morgan fingerprint density at radius 1 is 1.42 bits per heavy atom. The summed E-state index contributed by atoms with van der Waals surface area (Å²) < 4.78 is 14.2. The molecule has 0 fully saturated rings. The van der Waals surface area contributed by atoms with E-state index in [9.17, 15) is 18.8 Å². The van der Waals surface area contributed by atoms with Gasteiger partial charge in [-0.2, -0.15) is 0 Å². The molecule has 0 aliphatic heterocycles. The molecule has 7 nitrogen and oxygen atoms in total. The summed E-state index contributed by atoms with van der Waals surface area (Å²) in [5, 5.41) is 11.7. The average molecular weight is 396 g/mol. The van der Waals surface area contributed by atoms with Gasteiger partial charge in [0.15, 0.2) is 0 Å². The first-order chi connectivity index (χ1) is 12.3. The number of hydrogen-bond acceptors (Lipinski definition) is 5. The molecular formula is C16H11ClFN3O4S. The lowest BCUT2D eigenvalue weighted by Gasteiger charge is -2.08.